The third-order valence-corrected chi connectivity index (χ3v) is 5.79. The molecule has 1 saturated heterocycles. The average Bonchev–Trinajstić information content (AvgIpc) is 2.99. The standard InChI is InChI=1S/C23H28N2O2/c1-2-3-12-24-19-9-10-20-18-11-13-25(22(14-18)21(20)15-19)23(26)27-16-17-7-5-4-6-8-17/h4-10,15,18,22,24H,2-3,11-14,16H2,1H3/t18-,22+/m0/s1. The van der Waals surface area contributed by atoms with Crippen LogP contribution in [0.5, 0.6) is 0 Å². The lowest BCUT2D eigenvalue weighted by molar-refractivity contribution is 0.0694. The fourth-order valence-corrected chi connectivity index (χ4v) is 4.32. The normalized spacial score (nSPS) is 20.3. The number of nitrogens with one attached hydrogen (secondary N) is 1. The number of benzene rings is 2. The van der Waals surface area contributed by atoms with Gasteiger partial charge < -0.3 is 15.0 Å². The van der Waals surface area contributed by atoms with Crippen LogP contribution in [-0.4, -0.2) is 24.1 Å². The smallest absolute Gasteiger partial charge is 0.410 e. The molecule has 1 amide bonds. The fraction of sp³-hybridized carbons (Fsp3) is 0.435. The second-order valence-corrected chi connectivity index (χ2v) is 7.59. The van der Waals surface area contributed by atoms with Gasteiger partial charge in [-0.2, -0.15) is 0 Å². The van der Waals surface area contributed by atoms with E-state index >= 15 is 0 Å². The zero-order valence-corrected chi connectivity index (χ0v) is 16.0. The first kappa shape index (κ1) is 17.9. The molecule has 0 spiro atoms. The average molecular weight is 364 g/mol. The van der Waals surface area contributed by atoms with Crippen molar-refractivity contribution in [3.63, 3.8) is 0 Å². The molecule has 2 atom stereocenters. The summed E-state index contributed by atoms with van der Waals surface area (Å²) >= 11 is 0. The summed E-state index contributed by atoms with van der Waals surface area (Å²) in [6, 6.07) is 16.7. The molecular weight excluding hydrogens is 336 g/mol. The number of unbranched alkanes of at least 4 members (excludes halogenated alkanes) is 1. The highest BCUT2D eigenvalue weighted by Crippen LogP contribution is 2.49. The van der Waals surface area contributed by atoms with Crippen LogP contribution in [0.3, 0.4) is 0 Å². The molecule has 4 rings (SSSR count). The number of anilines is 1. The van der Waals surface area contributed by atoms with Crippen LogP contribution in [0.1, 0.15) is 61.3 Å². The number of amides is 1. The van der Waals surface area contributed by atoms with Crippen LogP contribution in [0.25, 0.3) is 0 Å². The molecule has 4 heteroatoms. The van der Waals surface area contributed by atoms with Gasteiger partial charge in [-0.1, -0.05) is 49.7 Å². The second-order valence-electron chi connectivity index (χ2n) is 7.59. The van der Waals surface area contributed by atoms with Crippen molar-refractivity contribution in [2.24, 2.45) is 0 Å². The molecule has 27 heavy (non-hydrogen) atoms. The number of rotatable bonds is 6. The van der Waals surface area contributed by atoms with E-state index in [1.807, 2.05) is 35.2 Å². The Morgan fingerprint density at radius 3 is 2.85 bits per heavy atom. The van der Waals surface area contributed by atoms with E-state index in [-0.39, 0.29) is 12.1 Å². The molecule has 2 aromatic carbocycles. The van der Waals surface area contributed by atoms with Gasteiger partial charge in [0, 0.05) is 18.8 Å². The maximum Gasteiger partial charge on any atom is 0.410 e. The minimum Gasteiger partial charge on any atom is -0.445 e. The molecule has 4 nitrogen and oxygen atoms in total. The van der Waals surface area contributed by atoms with Crippen molar-refractivity contribution in [3.8, 4) is 0 Å². The molecule has 0 aromatic heterocycles. The van der Waals surface area contributed by atoms with Crippen molar-refractivity contribution in [3.05, 3.63) is 65.2 Å². The van der Waals surface area contributed by atoms with Crippen LogP contribution >= 0.6 is 0 Å². The topological polar surface area (TPSA) is 41.6 Å². The van der Waals surface area contributed by atoms with Gasteiger partial charge in [0.05, 0.1) is 6.04 Å². The van der Waals surface area contributed by atoms with Gasteiger partial charge in [-0.25, -0.2) is 4.79 Å². The molecule has 142 valence electrons. The Balaban J connectivity index is 1.46. The summed E-state index contributed by atoms with van der Waals surface area (Å²) in [5.41, 5.74) is 4.90. The third kappa shape index (κ3) is 3.80. The van der Waals surface area contributed by atoms with Crippen LogP contribution in [0.15, 0.2) is 48.5 Å². The van der Waals surface area contributed by atoms with Crippen molar-refractivity contribution in [2.75, 3.05) is 18.4 Å². The van der Waals surface area contributed by atoms with E-state index in [9.17, 15) is 4.79 Å². The number of ether oxygens (including phenoxy) is 1. The van der Waals surface area contributed by atoms with Gasteiger partial charge >= 0.3 is 6.09 Å². The van der Waals surface area contributed by atoms with E-state index in [0.29, 0.717) is 12.5 Å². The van der Waals surface area contributed by atoms with Crippen molar-refractivity contribution in [1.29, 1.82) is 0 Å². The van der Waals surface area contributed by atoms with E-state index in [2.05, 4.69) is 30.4 Å². The van der Waals surface area contributed by atoms with Crippen molar-refractivity contribution in [2.45, 2.75) is 51.2 Å². The molecule has 1 aliphatic heterocycles. The summed E-state index contributed by atoms with van der Waals surface area (Å²) in [6.07, 6.45) is 4.20. The summed E-state index contributed by atoms with van der Waals surface area (Å²) in [5, 5.41) is 3.51. The first-order chi connectivity index (χ1) is 13.3. The molecule has 2 bridgehead atoms. The third-order valence-electron chi connectivity index (χ3n) is 5.79. The molecule has 1 heterocycles. The number of hydrogen-bond acceptors (Lipinski definition) is 3. The molecule has 0 saturated carbocycles. The van der Waals surface area contributed by atoms with Crippen LogP contribution in [0, 0.1) is 0 Å². The van der Waals surface area contributed by atoms with Crippen LogP contribution < -0.4 is 5.32 Å². The SMILES string of the molecule is CCCCNc1ccc2c(c1)[C@H]1C[C@@H]2CCN1C(=O)OCc1ccccc1. The Hall–Kier alpha value is -2.49. The number of hydrogen-bond donors (Lipinski definition) is 1. The fourth-order valence-electron chi connectivity index (χ4n) is 4.32. The van der Waals surface area contributed by atoms with E-state index in [1.54, 1.807) is 0 Å². The first-order valence-corrected chi connectivity index (χ1v) is 10.1. The molecule has 2 aliphatic rings. The molecule has 1 aliphatic carbocycles. The minimum absolute atomic E-state index is 0.148. The quantitative estimate of drug-likeness (QED) is 0.691. The predicted molar refractivity (Wildman–Crippen MR) is 108 cm³/mol. The lowest BCUT2D eigenvalue weighted by Gasteiger charge is -2.33. The van der Waals surface area contributed by atoms with Crippen molar-refractivity contribution >= 4 is 11.8 Å². The number of piperidine rings is 1. The zero-order valence-electron chi connectivity index (χ0n) is 16.0. The molecule has 1 N–H and O–H groups in total. The molecule has 1 fully saturated rings. The summed E-state index contributed by atoms with van der Waals surface area (Å²) in [5.74, 6) is 0.577. The summed E-state index contributed by atoms with van der Waals surface area (Å²) < 4.78 is 5.61. The van der Waals surface area contributed by atoms with Crippen LogP contribution in [0.4, 0.5) is 10.5 Å². The van der Waals surface area contributed by atoms with Crippen LogP contribution in [0.2, 0.25) is 0 Å². The second kappa shape index (κ2) is 8.03. The molecule has 2 aromatic rings. The van der Waals surface area contributed by atoms with E-state index in [4.69, 9.17) is 4.74 Å². The van der Waals surface area contributed by atoms with E-state index in [1.165, 1.54) is 24.0 Å². The van der Waals surface area contributed by atoms with Crippen molar-refractivity contribution < 1.29 is 9.53 Å². The monoisotopic (exact) mass is 364 g/mol. The summed E-state index contributed by atoms with van der Waals surface area (Å²) in [6.45, 7) is 4.30. The van der Waals surface area contributed by atoms with Gasteiger partial charge in [-0.05, 0) is 54.0 Å². The number of carbonyl (C=O) groups excluding carboxylic acids is 1. The number of likely N-dealkylation sites (tertiary alicyclic amines) is 1. The molecular formula is C23H28N2O2. The Bertz CT molecular complexity index is 790. The number of nitrogens with zero attached hydrogens (tertiary/aromatic N) is 1. The van der Waals surface area contributed by atoms with Gasteiger partial charge in [0.2, 0.25) is 0 Å². The van der Waals surface area contributed by atoms with E-state index in [0.717, 1.165) is 37.2 Å². The summed E-state index contributed by atoms with van der Waals surface area (Å²) in [4.78, 5) is 14.7. The predicted octanol–water partition coefficient (Wildman–Crippen LogP) is 5.47. The zero-order chi connectivity index (χ0) is 18.6. The van der Waals surface area contributed by atoms with Crippen molar-refractivity contribution in [1.82, 2.24) is 4.90 Å². The highest BCUT2D eigenvalue weighted by Gasteiger charge is 2.41. The first-order valence-electron chi connectivity index (χ1n) is 10.1. The maximum atomic E-state index is 12.8. The Morgan fingerprint density at radius 2 is 2.04 bits per heavy atom. The number of carbonyl (C=O) groups is 1. The van der Waals surface area contributed by atoms with Gasteiger partial charge in [-0.3, -0.25) is 0 Å². The van der Waals surface area contributed by atoms with E-state index < -0.39 is 0 Å². The highest BCUT2D eigenvalue weighted by molar-refractivity contribution is 5.70. The van der Waals surface area contributed by atoms with Crippen LogP contribution in [-0.2, 0) is 11.3 Å². The summed E-state index contributed by atoms with van der Waals surface area (Å²) in [7, 11) is 0. The van der Waals surface area contributed by atoms with Gasteiger partial charge in [-0.15, -0.1) is 0 Å². The Morgan fingerprint density at radius 1 is 1.19 bits per heavy atom. The Kier molecular flexibility index (Phi) is 5.33. The van der Waals surface area contributed by atoms with Gasteiger partial charge in [0.1, 0.15) is 6.61 Å². The minimum atomic E-state index is -0.195. The molecule has 0 unspecified atom stereocenters. The largest absolute Gasteiger partial charge is 0.445 e. The maximum absolute atomic E-state index is 12.8. The van der Waals surface area contributed by atoms with Gasteiger partial charge in [0.25, 0.3) is 0 Å². The number of fused-ring (bicyclic) bond motifs is 5. The van der Waals surface area contributed by atoms with Gasteiger partial charge in [0.15, 0.2) is 0 Å². The molecule has 0 radical (unpaired) electrons. The Labute approximate surface area is 161 Å². The lowest BCUT2D eigenvalue weighted by atomic mass is 9.96. The highest BCUT2D eigenvalue weighted by atomic mass is 16.6. The lowest BCUT2D eigenvalue weighted by Crippen LogP contribution is -2.37.